The summed E-state index contributed by atoms with van der Waals surface area (Å²) in [7, 11) is -3.49. The van der Waals surface area contributed by atoms with Gasteiger partial charge in [-0.2, -0.15) is 0 Å². The van der Waals surface area contributed by atoms with E-state index in [9.17, 15) is 8.42 Å². The minimum atomic E-state index is -3.49. The highest BCUT2D eigenvalue weighted by Gasteiger charge is 2.16. The van der Waals surface area contributed by atoms with Gasteiger partial charge >= 0.3 is 0 Å². The van der Waals surface area contributed by atoms with Gasteiger partial charge in [0, 0.05) is 6.54 Å². The Hall–Kier alpha value is -2.18. The number of fused-ring (bicyclic) bond motifs is 1. The molecule has 23 heavy (non-hydrogen) atoms. The molecule has 3 rings (SSSR count). The molecule has 2 aromatic carbocycles. The van der Waals surface area contributed by atoms with Crippen LogP contribution in [-0.4, -0.2) is 24.9 Å². The molecule has 0 spiro atoms. The maximum atomic E-state index is 12.4. The molecule has 0 atom stereocenters. The first-order chi connectivity index (χ1) is 11.0. The van der Waals surface area contributed by atoms with Crippen molar-refractivity contribution in [2.24, 2.45) is 0 Å². The number of aromatic amines is 1. The Bertz CT molecular complexity index is 945. The fraction of sp³-hybridized carbons (Fsp3) is 0.235. The first kappa shape index (κ1) is 15.7. The van der Waals surface area contributed by atoms with E-state index in [1.165, 1.54) is 0 Å². The fourth-order valence-corrected chi connectivity index (χ4v) is 3.90. The number of benzene rings is 2. The molecule has 0 aliphatic carbocycles. The topological polar surface area (TPSA) is 74.8 Å². The number of nitrogens with zero attached hydrogens (tertiary/aromatic N) is 1. The summed E-state index contributed by atoms with van der Waals surface area (Å²) in [5, 5.41) is 0. The third-order valence-electron chi connectivity index (χ3n) is 3.82. The van der Waals surface area contributed by atoms with Crippen LogP contribution in [0, 0.1) is 13.8 Å². The van der Waals surface area contributed by atoms with Gasteiger partial charge in [-0.1, -0.05) is 18.2 Å². The van der Waals surface area contributed by atoms with Gasteiger partial charge in [-0.3, -0.25) is 0 Å². The molecule has 0 saturated heterocycles. The lowest BCUT2D eigenvalue weighted by Crippen LogP contribution is -2.26. The molecule has 6 heteroatoms. The van der Waals surface area contributed by atoms with Gasteiger partial charge in [0.2, 0.25) is 10.0 Å². The van der Waals surface area contributed by atoms with E-state index in [-0.39, 0.29) is 0 Å². The van der Waals surface area contributed by atoms with Crippen molar-refractivity contribution in [2.45, 2.75) is 25.2 Å². The van der Waals surface area contributed by atoms with Crippen molar-refractivity contribution in [3.63, 3.8) is 0 Å². The molecule has 0 saturated carbocycles. The van der Waals surface area contributed by atoms with Gasteiger partial charge < -0.3 is 4.98 Å². The van der Waals surface area contributed by atoms with Gasteiger partial charge in [0.25, 0.3) is 0 Å². The molecular formula is C17H19N3O2S. The van der Waals surface area contributed by atoms with E-state index >= 15 is 0 Å². The summed E-state index contributed by atoms with van der Waals surface area (Å²) in [5.74, 6) is 0. The molecule has 0 unspecified atom stereocenters. The monoisotopic (exact) mass is 329 g/mol. The summed E-state index contributed by atoms with van der Waals surface area (Å²) in [4.78, 5) is 7.57. The maximum absolute atomic E-state index is 12.4. The van der Waals surface area contributed by atoms with Crippen molar-refractivity contribution >= 4 is 21.1 Å². The molecule has 0 fully saturated rings. The predicted octanol–water partition coefficient (Wildman–Crippen LogP) is 2.70. The van der Waals surface area contributed by atoms with Crippen LogP contribution < -0.4 is 4.72 Å². The Labute approximate surface area is 135 Å². The molecule has 0 amide bonds. The molecule has 120 valence electrons. The number of rotatable bonds is 5. The van der Waals surface area contributed by atoms with Crippen LogP contribution in [-0.2, 0) is 16.4 Å². The van der Waals surface area contributed by atoms with Crippen molar-refractivity contribution in [2.75, 3.05) is 6.54 Å². The lowest BCUT2D eigenvalue weighted by molar-refractivity contribution is 0.581. The number of aromatic nitrogens is 2. The highest BCUT2D eigenvalue weighted by atomic mass is 32.2. The number of sulfonamides is 1. The zero-order valence-corrected chi connectivity index (χ0v) is 13.9. The lowest BCUT2D eigenvalue weighted by Gasteiger charge is -2.10. The van der Waals surface area contributed by atoms with E-state index in [1.807, 2.05) is 37.3 Å². The molecule has 0 aliphatic rings. The van der Waals surface area contributed by atoms with Crippen molar-refractivity contribution in [1.82, 2.24) is 14.7 Å². The Morgan fingerprint density at radius 2 is 1.96 bits per heavy atom. The second-order valence-electron chi connectivity index (χ2n) is 5.67. The summed E-state index contributed by atoms with van der Waals surface area (Å²) < 4.78 is 27.6. The van der Waals surface area contributed by atoms with Gasteiger partial charge in [0.15, 0.2) is 0 Å². The molecule has 0 bridgehead atoms. The van der Waals surface area contributed by atoms with Crippen LogP contribution in [0.15, 0.2) is 47.6 Å². The van der Waals surface area contributed by atoms with Crippen LogP contribution in [0.4, 0.5) is 0 Å². The summed E-state index contributed by atoms with van der Waals surface area (Å²) >= 11 is 0. The average molecular weight is 329 g/mol. The predicted molar refractivity (Wildman–Crippen MR) is 90.9 cm³/mol. The molecule has 2 N–H and O–H groups in total. The van der Waals surface area contributed by atoms with Crippen LogP contribution in [0.25, 0.3) is 11.0 Å². The second kappa shape index (κ2) is 6.14. The summed E-state index contributed by atoms with van der Waals surface area (Å²) in [6.45, 7) is 4.05. The lowest BCUT2D eigenvalue weighted by atomic mass is 10.1. The molecule has 3 aromatic rings. The molecule has 1 heterocycles. The number of aryl methyl sites for hydroxylation is 2. The van der Waals surface area contributed by atoms with E-state index in [2.05, 4.69) is 14.7 Å². The molecule has 5 nitrogen and oxygen atoms in total. The summed E-state index contributed by atoms with van der Waals surface area (Å²) in [5.41, 5.74) is 4.61. The van der Waals surface area contributed by atoms with Crippen molar-refractivity contribution < 1.29 is 8.42 Å². The molecule has 0 aliphatic heterocycles. The fourth-order valence-electron chi connectivity index (χ4n) is 2.54. The van der Waals surface area contributed by atoms with E-state index < -0.39 is 10.0 Å². The van der Waals surface area contributed by atoms with Crippen molar-refractivity contribution in [1.29, 1.82) is 0 Å². The largest absolute Gasteiger partial charge is 0.345 e. The zero-order valence-electron chi connectivity index (χ0n) is 13.1. The van der Waals surface area contributed by atoms with Crippen molar-refractivity contribution in [3.05, 3.63) is 59.4 Å². The first-order valence-corrected chi connectivity index (χ1v) is 8.93. The van der Waals surface area contributed by atoms with Crippen LogP contribution in [0.3, 0.4) is 0 Å². The van der Waals surface area contributed by atoms with E-state index in [0.717, 1.165) is 27.7 Å². The summed E-state index contributed by atoms with van der Waals surface area (Å²) in [6.07, 6.45) is 2.27. The standard InChI is InChI=1S/C17H19N3O2S/c1-12-3-4-13(2)17(9-12)23(21,22)20-8-7-14-5-6-15-16(10-14)19-11-18-15/h3-6,9-11,20H,7-8H2,1-2H3,(H,18,19). The molecule has 1 aromatic heterocycles. The highest BCUT2D eigenvalue weighted by Crippen LogP contribution is 2.17. The van der Waals surface area contributed by atoms with E-state index in [0.29, 0.717) is 17.9 Å². The van der Waals surface area contributed by atoms with E-state index in [1.54, 1.807) is 19.3 Å². The van der Waals surface area contributed by atoms with Gasteiger partial charge in [0.05, 0.1) is 22.3 Å². The third kappa shape index (κ3) is 3.43. The third-order valence-corrected chi connectivity index (χ3v) is 5.43. The molecular weight excluding hydrogens is 310 g/mol. The van der Waals surface area contributed by atoms with Gasteiger partial charge in [-0.15, -0.1) is 0 Å². The first-order valence-electron chi connectivity index (χ1n) is 7.45. The van der Waals surface area contributed by atoms with Gasteiger partial charge in [-0.25, -0.2) is 18.1 Å². The normalized spacial score (nSPS) is 11.9. The Balaban J connectivity index is 1.70. The van der Waals surface area contributed by atoms with Crippen molar-refractivity contribution in [3.8, 4) is 0 Å². The average Bonchev–Trinajstić information content (AvgIpc) is 2.97. The number of hydrogen-bond donors (Lipinski definition) is 2. The SMILES string of the molecule is Cc1ccc(C)c(S(=O)(=O)NCCc2ccc3nc[nH]c3c2)c1. The highest BCUT2D eigenvalue weighted by molar-refractivity contribution is 7.89. The Kier molecular flexibility index (Phi) is 4.19. The Morgan fingerprint density at radius 3 is 2.78 bits per heavy atom. The minimum Gasteiger partial charge on any atom is -0.345 e. The molecule has 0 radical (unpaired) electrons. The quantitative estimate of drug-likeness (QED) is 0.756. The van der Waals surface area contributed by atoms with Crippen LogP contribution in [0.1, 0.15) is 16.7 Å². The number of nitrogens with one attached hydrogen (secondary N) is 2. The van der Waals surface area contributed by atoms with Crippen LogP contribution >= 0.6 is 0 Å². The Morgan fingerprint density at radius 1 is 1.13 bits per heavy atom. The zero-order chi connectivity index (χ0) is 16.4. The second-order valence-corrected chi connectivity index (χ2v) is 7.41. The number of hydrogen-bond acceptors (Lipinski definition) is 3. The van der Waals surface area contributed by atoms with Gasteiger partial charge in [-0.05, 0) is 55.2 Å². The maximum Gasteiger partial charge on any atom is 0.240 e. The summed E-state index contributed by atoms with van der Waals surface area (Å²) in [6, 6.07) is 11.3. The minimum absolute atomic E-state index is 0.349. The van der Waals surface area contributed by atoms with Crippen LogP contribution in [0.2, 0.25) is 0 Å². The van der Waals surface area contributed by atoms with Crippen LogP contribution in [0.5, 0.6) is 0 Å². The number of H-pyrrole nitrogens is 1. The van der Waals surface area contributed by atoms with E-state index in [4.69, 9.17) is 0 Å². The van der Waals surface area contributed by atoms with Gasteiger partial charge in [0.1, 0.15) is 0 Å². The number of imidazole rings is 1. The smallest absolute Gasteiger partial charge is 0.240 e.